The number of methoxy groups -OCH3 is 1. The highest BCUT2D eigenvalue weighted by Gasteiger charge is 2.07. The third-order valence-electron chi connectivity index (χ3n) is 2.95. The Morgan fingerprint density at radius 2 is 2.11 bits per heavy atom. The number of ether oxygens (including phenoxy) is 1. The van der Waals surface area contributed by atoms with Crippen molar-refractivity contribution in [3.05, 3.63) is 40.1 Å². The number of aryl methyl sites for hydroxylation is 1. The van der Waals surface area contributed by atoms with E-state index < -0.39 is 0 Å². The molecule has 0 amide bonds. The van der Waals surface area contributed by atoms with Gasteiger partial charge in [-0.2, -0.15) is 0 Å². The van der Waals surface area contributed by atoms with Gasteiger partial charge >= 0.3 is 0 Å². The van der Waals surface area contributed by atoms with Gasteiger partial charge in [-0.15, -0.1) is 11.3 Å². The standard InChI is InChI=1S/C15H20N2OS/c1-10(8-13-6-4-11(2)19-13)17-12-5-7-14(16)15(9-12)18-3/h4-7,9-10,17H,8,16H2,1-3H3. The van der Waals surface area contributed by atoms with E-state index in [9.17, 15) is 0 Å². The first kappa shape index (κ1) is 13.7. The molecule has 1 aromatic carbocycles. The molecule has 0 radical (unpaired) electrons. The molecule has 3 N–H and O–H groups in total. The molecule has 1 aromatic heterocycles. The Balaban J connectivity index is 2.00. The molecule has 19 heavy (non-hydrogen) atoms. The molecule has 1 atom stereocenters. The summed E-state index contributed by atoms with van der Waals surface area (Å²) in [6.45, 7) is 4.31. The van der Waals surface area contributed by atoms with E-state index in [4.69, 9.17) is 10.5 Å². The molecule has 0 bridgehead atoms. The first-order valence-corrected chi connectivity index (χ1v) is 7.15. The summed E-state index contributed by atoms with van der Waals surface area (Å²) in [5.74, 6) is 0.712. The second kappa shape index (κ2) is 5.97. The van der Waals surface area contributed by atoms with Gasteiger partial charge < -0.3 is 15.8 Å². The average Bonchev–Trinajstić information content (AvgIpc) is 2.77. The minimum absolute atomic E-state index is 0.367. The van der Waals surface area contributed by atoms with Gasteiger partial charge in [-0.05, 0) is 38.1 Å². The summed E-state index contributed by atoms with van der Waals surface area (Å²) in [5, 5.41) is 3.47. The Bertz CT molecular complexity index is 551. The van der Waals surface area contributed by atoms with Crippen LogP contribution in [0.4, 0.5) is 11.4 Å². The van der Waals surface area contributed by atoms with Gasteiger partial charge in [0.2, 0.25) is 0 Å². The summed E-state index contributed by atoms with van der Waals surface area (Å²) < 4.78 is 5.23. The molecule has 2 aromatic rings. The molecule has 4 heteroatoms. The smallest absolute Gasteiger partial charge is 0.143 e. The van der Waals surface area contributed by atoms with Crippen LogP contribution in [-0.2, 0) is 6.42 Å². The molecule has 1 heterocycles. The average molecular weight is 276 g/mol. The van der Waals surface area contributed by atoms with Crippen molar-refractivity contribution in [3.8, 4) is 5.75 Å². The number of anilines is 2. The van der Waals surface area contributed by atoms with Crippen molar-refractivity contribution < 1.29 is 4.74 Å². The lowest BCUT2D eigenvalue weighted by Gasteiger charge is -2.15. The first-order chi connectivity index (χ1) is 9.08. The highest BCUT2D eigenvalue weighted by molar-refractivity contribution is 7.11. The zero-order valence-electron chi connectivity index (χ0n) is 11.6. The van der Waals surface area contributed by atoms with Gasteiger partial charge in [-0.3, -0.25) is 0 Å². The molecule has 1 unspecified atom stereocenters. The van der Waals surface area contributed by atoms with E-state index in [0.29, 0.717) is 17.5 Å². The minimum Gasteiger partial charge on any atom is -0.495 e. The monoisotopic (exact) mass is 276 g/mol. The van der Waals surface area contributed by atoms with E-state index in [1.165, 1.54) is 9.75 Å². The molecule has 102 valence electrons. The van der Waals surface area contributed by atoms with Gasteiger partial charge in [-0.25, -0.2) is 0 Å². The molecule has 3 nitrogen and oxygen atoms in total. The van der Waals surface area contributed by atoms with Crippen molar-refractivity contribution in [1.82, 2.24) is 0 Å². The van der Waals surface area contributed by atoms with Gasteiger partial charge in [0.1, 0.15) is 5.75 Å². The topological polar surface area (TPSA) is 47.3 Å². The maximum Gasteiger partial charge on any atom is 0.143 e. The van der Waals surface area contributed by atoms with Gasteiger partial charge in [0.15, 0.2) is 0 Å². The zero-order chi connectivity index (χ0) is 13.8. The van der Waals surface area contributed by atoms with Crippen LogP contribution in [0.5, 0.6) is 5.75 Å². The summed E-state index contributed by atoms with van der Waals surface area (Å²) in [6, 6.07) is 10.5. The fourth-order valence-corrected chi connectivity index (χ4v) is 3.05. The second-order valence-electron chi connectivity index (χ2n) is 4.72. The van der Waals surface area contributed by atoms with E-state index >= 15 is 0 Å². The fourth-order valence-electron chi connectivity index (χ4n) is 2.03. The molecular formula is C15H20N2OS. The molecule has 0 spiro atoms. The van der Waals surface area contributed by atoms with Crippen LogP contribution in [0.3, 0.4) is 0 Å². The lowest BCUT2D eigenvalue weighted by atomic mass is 10.2. The number of nitrogens with two attached hydrogens (primary N) is 1. The van der Waals surface area contributed by atoms with E-state index in [1.54, 1.807) is 7.11 Å². The number of rotatable bonds is 5. The van der Waals surface area contributed by atoms with Crippen LogP contribution < -0.4 is 15.8 Å². The van der Waals surface area contributed by atoms with Crippen molar-refractivity contribution in [3.63, 3.8) is 0 Å². The highest BCUT2D eigenvalue weighted by atomic mass is 32.1. The predicted molar refractivity (Wildman–Crippen MR) is 83.3 cm³/mol. The zero-order valence-corrected chi connectivity index (χ0v) is 12.4. The van der Waals surface area contributed by atoms with E-state index in [-0.39, 0.29) is 0 Å². The maximum atomic E-state index is 5.81. The van der Waals surface area contributed by atoms with Crippen molar-refractivity contribution in [1.29, 1.82) is 0 Å². The van der Waals surface area contributed by atoms with Crippen LogP contribution >= 0.6 is 11.3 Å². The van der Waals surface area contributed by atoms with E-state index in [2.05, 4.69) is 31.3 Å². The number of nitrogen functional groups attached to an aromatic ring is 1. The predicted octanol–water partition coefficient (Wildman–Crippen LogP) is 3.69. The number of benzene rings is 1. The third-order valence-corrected chi connectivity index (χ3v) is 3.97. The number of thiophene rings is 1. The lowest BCUT2D eigenvalue weighted by molar-refractivity contribution is 0.417. The Labute approximate surface area is 118 Å². The van der Waals surface area contributed by atoms with Crippen LogP contribution in [0.25, 0.3) is 0 Å². The van der Waals surface area contributed by atoms with Crippen molar-refractivity contribution in [2.45, 2.75) is 26.3 Å². The van der Waals surface area contributed by atoms with Crippen molar-refractivity contribution in [2.24, 2.45) is 0 Å². The van der Waals surface area contributed by atoms with Gasteiger partial charge in [-0.1, -0.05) is 0 Å². The molecule has 0 aliphatic carbocycles. The summed E-state index contributed by atoms with van der Waals surface area (Å²) in [7, 11) is 1.63. The van der Waals surface area contributed by atoms with Crippen LogP contribution in [0, 0.1) is 6.92 Å². The number of hydrogen-bond donors (Lipinski definition) is 2. The van der Waals surface area contributed by atoms with Gasteiger partial charge in [0.05, 0.1) is 12.8 Å². The number of hydrogen-bond acceptors (Lipinski definition) is 4. The molecule has 0 aliphatic heterocycles. The quantitative estimate of drug-likeness (QED) is 0.819. The van der Waals surface area contributed by atoms with Crippen LogP contribution in [0.15, 0.2) is 30.3 Å². The second-order valence-corrected chi connectivity index (χ2v) is 6.09. The van der Waals surface area contributed by atoms with Crippen molar-refractivity contribution in [2.75, 3.05) is 18.2 Å². The van der Waals surface area contributed by atoms with Crippen LogP contribution in [-0.4, -0.2) is 13.2 Å². The Morgan fingerprint density at radius 1 is 1.32 bits per heavy atom. The SMILES string of the molecule is COc1cc(NC(C)Cc2ccc(C)s2)ccc1N. The molecule has 0 aliphatic rings. The van der Waals surface area contributed by atoms with E-state index in [1.807, 2.05) is 29.5 Å². The number of nitrogens with one attached hydrogen (secondary N) is 1. The first-order valence-electron chi connectivity index (χ1n) is 6.34. The molecule has 2 rings (SSSR count). The minimum atomic E-state index is 0.367. The van der Waals surface area contributed by atoms with E-state index in [0.717, 1.165) is 12.1 Å². The molecule has 0 fully saturated rings. The normalized spacial score (nSPS) is 12.2. The maximum absolute atomic E-state index is 5.81. The third kappa shape index (κ3) is 3.64. The summed E-state index contributed by atoms with van der Waals surface area (Å²) in [4.78, 5) is 2.76. The van der Waals surface area contributed by atoms with Gasteiger partial charge in [0.25, 0.3) is 0 Å². The summed E-state index contributed by atoms with van der Waals surface area (Å²) in [5.41, 5.74) is 7.50. The van der Waals surface area contributed by atoms with Crippen molar-refractivity contribution >= 4 is 22.7 Å². The van der Waals surface area contributed by atoms with Gasteiger partial charge in [0, 0.05) is 34.0 Å². The summed E-state index contributed by atoms with van der Waals surface area (Å²) in [6.07, 6.45) is 1.02. The molecular weight excluding hydrogens is 256 g/mol. The fraction of sp³-hybridized carbons (Fsp3) is 0.333. The molecule has 0 saturated carbocycles. The largest absolute Gasteiger partial charge is 0.495 e. The summed E-state index contributed by atoms with van der Waals surface area (Å²) >= 11 is 1.85. The lowest BCUT2D eigenvalue weighted by Crippen LogP contribution is -2.17. The Morgan fingerprint density at radius 3 is 2.74 bits per heavy atom. The van der Waals surface area contributed by atoms with Crippen LogP contribution in [0.1, 0.15) is 16.7 Å². The Hall–Kier alpha value is -1.68. The molecule has 0 saturated heterocycles. The van der Waals surface area contributed by atoms with Crippen LogP contribution in [0.2, 0.25) is 0 Å². The highest BCUT2D eigenvalue weighted by Crippen LogP contribution is 2.26. The Kier molecular flexibility index (Phi) is 4.32.